The van der Waals surface area contributed by atoms with Crippen molar-refractivity contribution in [2.75, 3.05) is 13.1 Å². The summed E-state index contributed by atoms with van der Waals surface area (Å²) < 4.78 is 49.7. The fourth-order valence-electron chi connectivity index (χ4n) is 5.10. The molecule has 1 saturated carbocycles. The number of amides is 1. The number of carbonyl (C=O) groups excluding carboxylic acids is 1. The van der Waals surface area contributed by atoms with E-state index in [1.54, 1.807) is 62.5 Å². The molecule has 0 bridgehead atoms. The van der Waals surface area contributed by atoms with Gasteiger partial charge in [0.15, 0.2) is 11.6 Å². The molecule has 9 nitrogen and oxygen atoms in total. The Hall–Kier alpha value is -4.32. The van der Waals surface area contributed by atoms with E-state index in [0.29, 0.717) is 41.9 Å². The Balaban J connectivity index is 1.18. The maximum atomic E-state index is 14.6. The zero-order valence-corrected chi connectivity index (χ0v) is 22.0. The van der Waals surface area contributed by atoms with Gasteiger partial charge in [-0.1, -0.05) is 0 Å². The van der Waals surface area contributed by atoms with Crippen molar-refractivity contribution in [2.24, 2.45) is 17.6 Å². The zero-order chi connectivity index (χ0) is 28.3. The molecule has 1 aliphatic carbocycles. The fourth-order valence-corrected chi connectivity index (χ4v) is 5.10. The number of fused-ring (bicyclic) bond motifs is 1. The van der Waals surface area contributed by atoms with Gasteiger partial charge < -0.3 is 15.4 Å². The maximum Gasteiger partial charge on any atom is 0.257 e. The lowest BCUT2D eigenvalue weighted by atomic mass is 9.94. The number of nitrogens with two attached hydrogens (primary N) is 1. The number of benzene rings is 1. The summed E-state index contributed by atoms with van der Waals surface area (Å²) in [5.41, 5.74) is 6.99. The Morgan fingerprint density at radius 3 is 2.38 bits per heavy atom. The average Bonchev–Trinajstić information content (AvgIpc) is 3.22. The molecular formula is C28H26F3N7O2. The number of nitrogens with zero attached hydrogens (tertiary/aromatic N) is 6. The summed E-state index contributed by atoms with van der Waals surface area (Å²) in [6.45, 7) is 6.28. The topological polar surface area (TPSA) is 112 Å². The molecule has 2 fully saturated rings. The van der Waals surface area contributed by atoms with E-state index in [-0.39, 0.29) is 41.0 Å². The molecule has 2 N–H and O–H groups in total. The summed E-state index contributed by atoms with van der Waals surface area (Å²) in [6, 6.07) is 6.17. The van der Waals surface area contributed by atoms with E-state index in [1.807, 2.05) is 0 Å². The van der Waals surface area contributed by atoms with E-state index >= 15 is 0 Å². The normalized spacial score (nSPS) is 20.0. The van der Waals surface area contributed by atoms with Crippen LogP contribution in [-0.2, 0) is 5.54 Å². The molecule has 12 heteroatoms. The van der Waals surface area contributed by atoms with Crippen molar-refractivity contribution in [1.29, 1.82) is 0 Å². The predicted octanol–water partition coefficient (Wildman–Crippen LogP) is 3.79. The number of halogens is 3. The van der Waals surface area contributed by atoms with Crippen LogP contribution in [0.4, 0.5) is 13.2 Å². The molecular weight excluding hydrogens is 523 g/mol. The van der Waals surface area contributed by atoms with Crippen LogP contribution in [0.2, 0.25) is 0 Å². The quantitative estimate of drug-likeness (QED) is 0.364. The highest BCUT2D eigenvalue weighted by atomic mass is 19.2. The van der Waals surface area contributed by atoms with Crippen molar-refractivity contribution in [2.45, 2.75) is 32.4 Å². The number of piperidine rings is 1. The molecule has 0 spiro atoms. The van der Waals surface area contributed by atoms with Crippen LogP contribution in [0.1, 0.15) is 35.5 Å². The minimum absolute atomic E-state index is 0.0833. The second-order valence-corrected chi connectivity index (χ2v) is 10.8. The number of aryl methyl sites for hydroxylation is 1. The van der Waals surface area contributed by atoms with Crippen molar-refractivity contribution < 1.29 is 22.7 Å². The van der Waals surface area contributed by atoms with E-state index in [2.05, 4.69) is 20.1 Å². The molecule has 40 heavy (non-hydrogen) atoms. The van der Waals surface area contributed by atoms with Gasteiger partial charge in [0.1, 0.15) is 11.9 Å². The van der Waals surface area contributed by atoms with Crippen LogP contribution in [0.3, 0.4) is 0 Å². The highest BCUT2D eigenvalue weighted by Gasteiger charge is 2.59. The van der Waals surface area contributed by atoms with Gasteiger partial charge in [-0.2, -0.15) is 5.10 Å². The molecule has 206 valence electrons. The van der Waals surface area contributed by atoms with Crippen LogP contribution >= 0.6 is 0 Å². The van der Waals surface area contributed by atoms with Crippen molar-refractivity contribution in [3.8, 4) is 23.1 Å². The summed E-state index contributed by atoms with van der Waals surface area (Å²) in [7, 11) is 0. The first-order chi connectivity index (χ1) is 19.0. The summed E-state index contributed by atoms with van der Waals surface area (Å²) in [5.74, 6) is -2.78. The van der Waals surface area contributed by atoms with E-state index in [4.69, 9.17) is 10.5 Å². The Kier molecular flexibility index (Phi) is 6.10. The lowest BCUT2D eigenvalue weighted by molar-refractivity contribution is 0.0751. The van der Waals surface area contributed by atoms with E-state index in [1.165, 1.54) is 4.68 Å². The van der Waals surface area contributed by atoms with Gasteiger partial charge in [-0.15, -0.1) is 0 Å². The SMILES string of the molecule is Cc1nn(-c2ncccn2)cc1C(=O)N1CC2C(C1)C2Oc1cc(C(C)(C)N)cc(-c2cc(F)c(F)cc2F)n1. The van der Waals surface area contributed by atoms with Crippen molar-refractivity contribution in [3.05, 3.63) is 83.2 Å². The highest BCUT2D eigenvalue weighted by molar-refractivity contribution is 5.95. The molecule has 0 radical (unpaired) electrons. The van der Waals surface area contributed by atoms with E-state index in [0.717, 1.165) is 6.07 Å². The second-order valence-electron chi connectivity index (χ2n) is 10.8. The van der Waals surface area contributed by atoms with Crippen LogP contribution < -0.4 is 10.5 Å². The van der Waals surface area contributed by atoms with Crippen molar-refractivity contribution in [1.82, 2.24) is 29.6 Å². The van der Waals surface area contributed by atoms with Gasteiger partial charge in [0.05, 0.1) is 17.0 Å². The molecule has 2 atom stereocenters. The monoisotopic (exact) mass is 549 g/mol. The number of carbonyl (C=O) groups is 1. The molecule has 3 aromatic heterocycles. The number of rotatable bonds is 6. The Bertz CT molecular complexity index is 1610. The number of likely N-dealkylation sites (tertiary alicyclic amines) is 1. The molecule has 2 aliphatic rings. The van der Waals surface area contributed by atoms with Crippen molar-refractivity contribution in [3.63, 3.8) is 0 Å². The van der Waals surface area contributed by atoms with Crippen LogP contribution in [0.15, 0.2) is 48.9 Å². The molecule has 1 aliphatic heterocycles. The highest BCUT2D eigenvalue weighted by Crippen LogP contribution is 2.48. The zero-order valence-electron chi connectivity index (χ0n) is 22.0. The minimum atomic E-state index is -1.28. The standard InChI is InChI=1S/C28H26F3N7O2/c1-14-17(13-38(36-14)27-33-5-4-6-34-27)26(39)37-11-18-19(12-37)25(18)40-24-8-15(28(2,3)32)7-23(35-24)16-9-21(30)22(31)10-20(16)29/h4-10,13,18-19,25H,11-12,32H2,1-3H3. The molecule has 1 aromatic carbocycles. The smallest absolute Gasteiger partial charge is 0.257 e. The molecule has 6 rings (SSSR count). The van der Waals surface area contributed by atoms with E-state index < -0.39 is 23.0 Å². The van der Waals surface area contributed by atoms with Gasteiger partial charge in [-0.05, 0) is 44.5 Å². The molecule has 2 unspecified atom stereocenters. The average molecular weight is 550 g/mol. The fraction of sp³-hybridized carbons (Fsp3) is 0.321. The van der Waals surface area contributed by atoms with Gasteiger partial charge >= 0.3 is 0 Å². The third-order valence-electron chi connectivity index (χ3n) is 7.38. The van der Waals surface area contributed by atoms with Crippen LogP contribution in [0.5, 0.6) is 5.88 Å². The Labute approximate surface area is 227 Å². The Morgan fingerprint density at radius 1 is 1.02 bits per heavy atom. The number of pyridine rings is 1. The number of hydrogen-bond donors (Lipinski definition) is 1. The summed E-state index contributed by atoms with van der Waals surface area (Å²) in [4.78, 5) is 27.7. The third-order valence-corrected chi connectivity index (χ3v) is 7.38. The first kappa shape index (κ1) is 25.9. The first-order valence-electron chi connectivity index (χ1n) is 12.8. The predicted molar refractivity (Wildman–Crippen MR) is 138 cm³/mol. The number of hydrogen-bond acceptors (Lipinski definition) is 7. The molecule has 4 heterocycles. The lowest BCUT2D eigenvalue weighted by Crippen LogP contribution is -2.33. The van der Waals surface area contributed by atoms with Crippen LogP contribution in [0, 0.1) is 36.2 Å². The minimum Gasteiger partial charge on any atom is -0.474 e. The van der Waals surface area contributed by atoms with Crippen LogP contribution in [-0.4, -0.2) is 54.7 Å². The van der Waals surface area contributed by atoms with Gasteiger partial charge in [0, 0.05) is 66.8 Å². The third kappa shape index (κ3) is 4.68. The largest absolute Gasteiger partial charge is 0.474 e. The number of ether oxygens (including phenoxy) is 1. The maximum absolute atomic E-state index is 14.6. The van der Waals surface area contributed by atoms with Crippen LogP contribution in [0.25, 0.3) is 17.2 Å². The molecule has 1 amide bonds. The molecule has 4 aromatic rings. The van der Waals surface area contributed by atoms with Crippen molar-refractivity contribution >= 4 is 5.91 Å². The van der Waals surface area contributed by atoms with Gasteiger partial charge in [-0.3, -0.25) is 4.79 Å². The van der Waals surface area contributed by atoms with Gasteiger partial charge in [-0.25, -0.2) is 32.8 Å². The van der Waals surface area contributed by atoms with E-state index in [9.17, 15) is 18.0 Å². The summed E-state index contributed by atoms with van der Waals surface area (Å²) >= 11 is 0. The summed E-state index contributed by atoms with van der Waals surface area (Å²) in [5, 5.41) is 4.38. The lowest BCUT2D eigenvalue weighted by Gasteiger charge is -2.22. The summed E-state index contributed by atoms with van der Waals surface area (Å²) in [6.07, 6.45) is 4.64. The molecule has 1 saturated heterocycles. The van der Waals surface area contributed by atoms with Gasteiger partial charge in [0.25, 0.3) is 5.91 Å². The second kappa shape index (κ2) is 9.40. The van der Waals surface area contributed by atoms with Gasteiger partial charge in [0.2, 0.25) is 11.8 Å². The Morgan fingerprint density at radius 2 is 1.70 bits per heavy atom. The number of aromatic nitrogens is 5. The first-order valence-corrected chi connectivity index (χ1v) is 12.8.